The maximum absolute atomic E-state index is 9.01. The van der Waals surface area contributed by atoms with E-state index in [9.17, 15) is 0 Å². The second-order valence-electron chi connectivity index (χ2n) is 4.39. The molecule has 1 atom stereocenters. The van der Waals surface area contributed by atoms with Crippen LogP contribution in [0.25, 0.3) is 0 Å². The van der Waals surface area contributed by atoms with Crippen molar-refractivity contribution in [2.24, 2.45) is 5.92 Å². The van der Waals surface area contributed by atoms with Gasteiger partial charge in [-0.3, -0.25) is 0 Å². The molecule has 0 saturated carbocycles. The van der Waals surface area contributed by atoms with Crippen LogP contribution in [0.5, 0.6) is 5.75 Å². The molecule has 0 bridgehead atoms. The first kappa shape index (κ1) is 14.7. The third-order valence-electron chi connectivity index (χ3n) is 3.05. The zero-order chi connectivity index (χ0) is 13.7. The third kappa shape index (κ3) is 3.30. The minimum absolute atomic E-state index is 0.0373. The van der Waals surface area contributed by atoms with Gasteiger partial charge in [0.15, 0.2) is 0 Å². The van der Waals surface area contributed by atoms with E-state index in [0.29, 0.717) is 17.3 Å². The Morgan fingerprint density at radius 1 is 1.50 bits per heavy atom. The number of ether oxygens (including phenoxy) is 1. The normalized spacial score (nSPS) is 11.8. The average molecular weight is 267 g/mol. The first-order valence-corrected chi connectivity index (χ1v) is 6.36. The minimum Gasteiger partial charge on any atom is -0.495 e. The lowest BCUT2D eigenvalue weighted by Crippen LogP contribution is -2.25. The zero-order valence-electron chi connectivity index (χ0n) is 11.3. The molecule has 0 aliphatic carbocycles. The van der Waals surface area contributed by atoms with E-state index in [1.165, 1.54) is 0 Å². The van der Waals surface area contributed by atoms with Gasteiger partial charge in [-0.1, -0.05) is 18.5 Å². The number of hydrogen-bond acceptors (Lipinski definition) is 3. The lowest BCUT2D eigenvalue weighted by molar-refractivity contribution is 0.414. The smallest absolute Gasteiger partial charge is 0.137 e. The van der Waals surface area contributed by atoms with Gasteiger partial charge in [-0.05, 0) is 31.0 Å². The average Bonchev–Trinajstić information content (AvgIpc) is 2.37. The molecule has 0 fully saturated rings. The van der Waals surface area contributed by atoms with Crippen LogP contribution in [-0.4, -0.2) is 20.7 Å². The number of aryl methyl sites for hydroxylation is 1. The summed E-state index contributed by atoms with van der Waals surface area (Å²) < 4.78 is 5.18. The molecule has 0 radical (unpaired) electrons. The number of benzene rings is 1. The minimum atomic E-state index is 0.0373. The number of nitrogens with zero attached hydrogens (tertiary/aromatic N) is 2. The molecule has 0 aromatic heterocycles. The highest BCUT2D eigenvalue weighted by Crippen LogP contribution is 2.32. The van der Waals surface area contributed by atoms with E-state index in [-0.39, 0.29) is 5.92 Å². The molecular weight excluding hydrogens is 248 g/mol. The molecule has 0 saturated heterocycles. The Morgan fingerprint density at radius 2 is 2.17 bits per heavy atom. The second kappa shape index (κ2) is 6.51. The van der Waals surface area contributed by atoms with Gasteiger partial charge in [-0.15, -0.1) is 0 Å². The van der Waals surface area contributed by atoms with Crippen molar-refractivity contribution in [2.75, 3.05) is 25.6 Å². The fourth-order valence-corrected chi connectivity index (χ4v) is 2.14. The summed E-state index contributed by atoms with van der Waals surface area (Å²) >= 11 is 6.13. The predicted octanol–water partition coefficient (Wildman–Crippen LogP) is 3.64. The van der Waals surface area contributed by atoms with Crippen LogP contribution >= 0.6 is 11.6 Å². The van der Waals surface area contributed by atoms with Crippen LogP contribution in [0.2, 0.25) is 5.02 Å². The SMILES string of the molecule is CCC(C#N)CN(C)c1cc(Cl)c(OC)cc1C. The van der Waals surface area contributed by atoms with Gasteiger partial charge in [0, 0.05) is 19.3 Å². The Hall–Kier alpha value is -1.40. The van der Waals surface area contributed by atoms with Gasteiger partial charge >= 0.3 is 0 Å². The Bertz CT molecular complexity index is 454. The molecule has 0 N–H and O–H groups in total. The summed E-state index contributed by atoms with van der Waals surface area (Å²) in [5, 5.41) is 9.60. The van der Waals surface area contributed by atoms with Crippen molar-refractivity contribution >= 4 is 17.3 Å². The Morgan fingerprint density at radius 3 is 2.67 bits per heavy atom. The molecule has 0 aliphatic rings. The van der Waals surface area contributed by atoms with Crippen LogP contribution in [0.4, 0.5) is 5.69 Å². The largest absolute Gasteiger partial charge is 0.495 e. The van der Waals surface area contributed by atoms with E-state index in [1.807, 2.05) is 33.0 Å². The van der Waals surface area contributed by atoms with Gasteiger partial charge in [0.1, 0.15) is 5.75 Å². The second-order valence-corrected chi connectivity index (χ2v) is 4.80. The zero-order valence-corrected chi connectivity index (χ0v) is 12.1. The van der Waals surface area contributed by atoms with Crippen molar-refractivity contribution in [2.45, 2.75) is 20.3 Å². The number of methoxy groups -OCH3 is 1. The molecule has 1 aromatic rings. The lowest BCUT2D eigenvalue weighted by atomic mass is 10.1. The highest BCUT2D eigenvalue weighted by molar-refractivity contribution is 6.32. The van der Waals surface area contributed by atoms with Crippen molar-refractivity contribution in [1.29, 1.82) is 5.26 Å². The first-order chi connectivity index (χ1) is 8.53. The van der Waals surface area contributed by atoms with Crippen molar-refractivity contribution in [3.63, 3.8) is 0 Å². The molecule has 18 heavy (non-hydrogen) atoms. The van der Waals surface area contributed by atoms with Gasteiger partial charge in [0.25, 0.3) is 0 Å². The Balaban J connectivity index is 2.96. The van der Waals surface area contributed by atoms with Crippen LogP contribution in [0.3, 0.4) is 0 Å². The topological polar surface area (TPSA) is 36.3 Å². The maximum Gasteiger partial charge on any atom is 0.137 e. The number of halogens is 1. The third-order valence-corrected chi connectivity index (χ3v) is 3.35. The summed E-state index contributed by atoms with van der Waals surface area (Å²) in [6.07, 6.45) is 0.851. The van der Waals surface area contributed by atoms with Crippen LogP contribution in [0.15, 0.2) is 12.1 Å². The van der Waals surface area contributed by atoms with Crippen molar-refractivity contribution in [1.82, 2.24) is 0 Å². The Labute approximate surface area is 114 Å². The van der Waals surface area contributed by atoms with Gasteiger partial charge < -0.3 is 9.64 Å². The monoisotopic (exact) mass is 266 g/mol. The molecule has 1 rings (SSSR count). The standard InChI is InChI=1S/C14H19ClN2O/c1-5-11(8-16)9-17(3)13-7-12(15)14(18-4)6-10(13)2/h6-7,11H,5,9H2,1-4H3. The van der Waals surface area contributed by atoms with Gasteiger partial charge in [-0.25, -0.2) is 0 Å². The molecular formula is C14H19ClN2O. The molecule has 3 nitrogen and oxygen atoms in total. The van der Waals surface area contributed by atoms with E-state index in [1.54, 1.807) is 7.11 Å². The van der Waals surface area contributed by atoms with Crippen LogP contribution in [-0.2, 0) is 0 Å². The summed E-state index contributed by atoms with van der Waals surface area (Å²) in [4.78, 5) is 2.07. The number of nitriles is 1. The molecule has 4 heteroatoms. The first-order valence-electron chi connectivity index (χ1n) is 5.98. The van der Waals surface area contributed by atoms with Crippen molar-refractivity contribution in [3.8, 4) is 11.8 Å². The number of hydrogen-bond donors (Lipinski definition) is 0. The molecule has 0 aliphatic heterocycles. The van der Waals surface area contributed by atoms with Crippen molar-refractivity contribution < 1.29 is 4.74 Å². The predicted molar refractivity (Wildman–Crippen MR) is 75.4 cm³/mol. The quantitative estimate of drug-likeness (QED) is 0.816. The molecule has 1 unspecified atom stereocenters. The van der Waals surface area contributed by atoms with Crippen LogP contribution in [0, 0.1) is 24.2 Å². The van der Waals surface area contributed by atoms with Gasteiger partial charge in [-0.2, -0.15) is 5.26 Å². The summed E-state index contributed by atoms with van der Waals surface area (Å²) in [6.45, 7) is 4.74. The number of rotatable bonds is 5. The van der Waals surface area contributed by atoms with Gasteiger partial charge in [0.2, 0.25) is 0 Å². The fourth-order valence-electron chi connectivity index (χ4n) is 1.90. The summed E-state index contributed by atoms with van der Waals surface area (Å²) in [5.74, 6) is 0.717. The van der Waals surface area contributed by atoms with Crippen LogP contribution < -0.4 is 9.64 Å². The summed E-state index contributed by atoms with van der Waals surface area (Å²) in [6, 6.07) is 6.12. The molecule has 1 aromatic carbocycles. The molecule has 98 valence electrons. The van der Waals surface area contributed by atoms with E-state index in [2.05, 4.69) is 11.0 Å². The van der Waals surface area contributed by atoms with Crippen molar-refractivity contribution in [3.05, 3.63) is 22.7 Å². The van der Waals surface area contributed by atoms with E-state index >= 15 is 0 Å². The van der Waals surface area contributed by atoms with E-state index < -0.39 is 0 Å². The van der Waals surface area contributed by atoms with E-state index in [4.69, 9.17) is 21.6 Å². The molecule has 0 amide bonds. The maximum atomic E-state index is 9.01. The van der Waals surface area contributed by atoms with E-state index in [0.717, 1.165) is 17.7 Å². The lowest BCUT2D eigenvalue weighted by Gasteiger charge is -2.24. The summed E-state index contributed by atoms with van der Waals surface area (Å²) in [7, 11) is 3.58. The molecule has 0 spiro atoms. The Kier molecular flexibility index (Phi) is 5.30. The van der Waals surface area contributed by atoms with Crippen LogP contribution in [0.1, 0.15) is 18.9 Å². The highest BCUT2D eigenvalue weighted by atomic mass is 35.5. The molecule has 0 heterocycles. The fraction of sp³-hybridized carbons (Fsp3) is 0.500. The number of anilines is 1. The summed E-state index contributed by atoms with van der Waals surface area (Å²) in [5.41, 5.74) is 2.13. The highest BCUT2D eigenvalue weighted by Gasteiger charge is 2.13. The van der Waals surface area contributed by atoms with Gasteiger partial charge in [0.05, 0.1) is 24.1 Å².